The van der Waals surface area contributed by atoms with Crippen LogP contribution in [0.1, 0.15) is 64.7 Å². The number of hydrogen-bond donors (Lipinski definition) is 2. The Balaban J connectivity index is 1.95. The summed E-state index contributed by atoms with van der Waals surface area (Å²) in [4.78, 5) is 12.6. The van der Waals surface area contributed by atoms with Crippen LogP contribution in [-0.2, 0) is 4.79 Å². The zero-order valence-corrected chi connectivity index (χ0v) is 11.7. The van der Waals surface area contributed by atoms with Gasteiger partial charge in [0, 0.05) is 12.6 Å². The Hall–Kier alpha value is -0.570. The highest BCUT2D eigenvalue weighted by Gasteiger charge is 2.38. The van der Waals surface area contributed by atoms with Crippen molar-refractivity contribution in [1.82, 2.24) is 5.32 Å². The maximum absolute atomic E-state index is 12.6. The molecule has 0 bridgehead atoms. The molecule has 2 fully saturated rings. The van der Waals surface area contributed by atoms with Crippen LogP contribution in [0, 0.1) is 11.3 Å². The molecule has 2 aliphatic rings. The van der Waals surface area contributed by atoms with E-state index < -0.39 is 0 Å². The smallest absolute Gasteiger partial charge is 0.227 e. The Kier molecular flexibility index (Phi) is 4.66. The molecule has 0 aromatic rings. The molecular formula is C15H28N2O. The summed E-state index contributed by atoms with van der Waals surface area (Å²) >= 11 is 0. The minimum Gasteiger partial charge on any atom is -0.353 e. The SMILES string of the molecule is CC1CCC(NC(=O)C2(CN)CCCCCC2)C1. The Morgan fingerprint density at radius 3 is 2.39 bits per heavy atom. The van der Waals surface area contributed by atoms with Crippen LogP contribution < -0.4 is 11.1 Å². The van der Waals surface area contributed by atoms with Crippen molar-refractivity contribution in [2.75, 3.05) is 6.54 Å². The van der Waals surface area contributed by atoms with Crippen molar-refractivity contribution in [2.24, 2.45) is 17.1 Å². The predicted molar refractivity (Wildman–Crippen MR) is 74.1 cm³/mol. The zero-order chi connectivity index (χ0) is 13.0. The van der Waals surface area contributed by atoms with E-state index in [2.05, 4.69) is 12.2 Å². The number of carbonyl (C=O) groups is 1. The summed E-state index contributed by atoms with van der Waals surface area (Å²) in [7, 11) is 0. The summed E-state index contributed by atoms with van der Waals surface area (Å²) in [6.07, 6.45) is 10.3. The second-order valence-corrected chi connectivity index (χ2v) is 6.49. The van der Waals surface area contributed by atoms with E-state index in [0.29, 0.717) is 12.6 Å². The molecule has 0 aromatic heterocycles. The lowest BCUT2D eigenvalue weighted by atomic mass is 9.79. The number of nitrogens with two attached hydrogens (primary N) is 1. The van der Waals surface area contributed by atoms with E-state index in [-0.39, 0.29) is 11.3 Å². The average molecular weight is 252 g/mol. The summed E-state index contributed by atoms with van der Waals surface area (Å²) in [5, 5.41) is 3.28. The third-order valence-electron chi connectivity index (χ3n) is 4.96. The maximum Gasteiger partial charge on any atom is 0.227 e. The van der Waals surface area contributed by atoms with Gasteiger partial charge in [-0.25, -0.2) is 0 Å². The molecule has 2 unspecified atom stereocenters. The molecule has 2 rings (SSSR count). The minimum absolute atomic E-state index is 0.242. The first-order valence-corrected chi connectivity index (χ1v) is 7.67. The molecule has 0 aromatic carbocycles. The van der Waals surface area contributed by atoms with Gasteiger partial charge in [0.05, 0.1) is 5.41 Å². The van der Waals surface area contributed by atoms with Crippen molar-refractivity contribution in [2.45, 2.75) is 70.8 Å². The molecule has 2 saturated carbocycles. The van der Waals surface area contributed by atoms with Gasteiger partial charge < -0.3 is 11.1 Å². The first-order valence-electron chi connectivity index (χ1n) is 7.67. The van der Waals surface area contributed by atoms with Gasteiger partial charge in [-0.1, -0.05) is 32.6 Å². The van der Waals surface area contributed by atoms with Crippen molar-refractivity contribution in [3.8, 4) is 0 Å². The molecule has 0 radical (unpaired) electrons. The van der Waals surface area contributed by atoms with E-state index in [1.165, 1.54) is 19.3 Å². The molecule has 3 N–H and O–H groups in total. The Morgan fingerprint density at radius 1 is 1.22 bits per heavy atom. The third-order valence-corrected chi connectivity index (χ3v) is 4.96. The molecule has 1 amide bonds. The Labute approximate surface area is 111 Å². The van der Waals surface area contributed by atoms with Gasteiger partial charge in [-0.3, -0.25) is 4.79 Å². The fourth-order valence-corrected chi connectivity index (χ4v) is 3.61. The standard InChI is InChI=1S/C15H28N2O/c1-12-6-7-13(10-12)17-14(18)15(11-16)8-4-2-3-5-9-15/h12-13H,2-11,16H2,1H3,(H,17,18). The Morgan fingerprint density at radius 2 is 1.89 bits per heavy atom. The fourth-order valence-electron chi connectivity index (χ4n) is 3.61. The van der Waals surface area contributed by atoms with Crippen LogP contribution in [0.4, 0.5) is 0 Å². The van der Waals surface area contributed by atoms with Gasteiger partial charge in [-0.15, -0.1) is 0 Å². The number of nitrogens with one attached hydrogen (secondary N) is 1. The lowest BCUT2D eigenvalue weighted by molar-refractivity contribution is -0.132. The second-order valence-electron chi connectivity index (χ2n) is 6.49. The quantitative estimate of drug-likeness (QED) is 0.759. The third kappa shape index (κ3) is 3.05. The van der Waals surface area contributed by atoms with Crippen molar-refractivity contribution >= 4 is 5.91 Å². The topological polar surface area (TPSA) is 55.1 Å². The molecule has 2 aliphatic carbocycles. The predicted octanol–water partition coefficient (Wildman–Crippen LogP) is 2.59. The fraction of sp³-hybridized carbons (Fsp3) is 0.933. The first kappa shape index (κ1) is 13.9. The summed E-state index contributed by atoms with van der Waals surface area (Å²) in [5.41, 5.74) is 5.69. The van der Waals surface area contributed by atoms with Crippen LogP contribution in [0.3, 0.4) is 0 Å². The van der Waals surface area contributed by atoms with E-state index >= 15 is 0 Å². The second kappa shape index (κ2) is 6.05. The maximum atomic E-state index is 12.6. The van der Waals surface area contributed by atoms with Gasteiger partial charge in [0.1, 0.15) is 0 Å². The number of hydrogen-bond acceptors (Lipinski definition) is 2. The highest BCUT2D eigenvalue weighted by Crippen LogP contribution is 2.35. The largest absolute Gasteiger partial charge is 0.353 e. The first-order chi connectivity index (χ1) is 8.66. The molecule has 3 heteroatoms. The molecule has 0 aliphatic heterocycles. The highest BCUT2D eigenvalue weighted by molar-refractivity contribution is 5.83. The monoisotopic (exact) mass is 252 g/mol. The lowest BCUT2D eigenvalue weighted by Gasteiger charge is -2.31. The van der Waals surface area contributed by atoms with E-state index in [1.54, 1.807) is 0 Å². The van der Waals surface area contributed by atoms with E-state index in [4.69, 9.17) is 5.73 Å². The van der Waals surface area contributed by atoms with Crippen LogP contribution in [-0.4, -0.2) is 18.5 Å². The van der Waals surface area contributed by atoms with Crippen LogP contribution in [0.25, 0.3) is 0 Å². The number of rotatable bonds is 3. The number of amides is 1. The zero-order valence-electron chi connectivity index (χ0n) is 11.7. The number of carbonyl (C=O) groups excluding carboxylic acids is 1. The van der Waals surface area contributed by atoms with Gasteiger partial charge in [0.2, 0.25) is 5.91 Å². The highest BCUT2D eigenvalue weighted by atomic mass is 16.2. The lowest BCUT2D eigenvalue weighted by Crippen LogP contribution is -2.48. The summed E-state index contributed by atoms with van der Waals surface area (Å²) in [6, 6.07) is 0.402. The minimum atomic E-state index is -0.262. The van der Waals surface area contributed by atoms with Gasteiger partial charge in [-0.05, 0) is 38.0 Å². The molecular weight excluding hydrogens is 224 g/mol. The van der Waals surface area contributed by atoms with Crippen molar-refractivity contribution in [1.29, 1.82) is 0 Å². The molecule has 0 heterocycles. The van der Waals surface area contributed by atoms with Crippen LogP contribution >= 0.6 is 0 Å². The Bertz CT molecular complexity index is 282. The molecule has 3 nitrogen and oxygen atoms in total. The van der Waals surface area contributed by atoms with E-state index in [9.17, 15) is 4.79 Å². The summed E-state index contributed by atoms with van der Waals surface area (Å²) in [5.74, 6) is 1.00. The molecule has 18 heavy (non-hydrogen) atoms. The van der Waals surface area contributed by atoms with Crippen LogP contribution in [0.5, 0.6) is 0 Å². The van der Waals surface area contributed by atoms with E-state index in [1.807, 2.05) is 0 Å². The van der Waals surface area contributed by atoms with Crippen LogP contribution in [0.15, 0.2) is 0 Å². The van der Waals surface area contributed by atoms with Crippen molar-refractivity contribution in [3.05, 3.63) is 0 Å². The van der Waals surface area contributed by atoms with Gasteiger partial charge >= 0.3 is 0 Å². The van der Waals surface area contributed by atoms with E-state index in [0.717, 1.165) is 44.4 Å². The van der Waals surface area contributed by atoms with Gasteiger partial charge in [-0.2, -0.15) is 0 Å². The summed E-state index contributed by atoms with van der Waals surface area (Å²) < 4.78 is 0. The van der Waals surface area contributed by atoms with Crippen molar-refractivity contribution < 1.29 is 4.79 Å². The normalized spacial score (nSPS) is 31.9. The van der Waals surface area contributed by atoms with Crippen LogP contribution in [0.2, 0.25) is 0 Å². The molecule has 0 spiro atoms. The van der Waals surface area contributed by atoms with Crippen molar-refractivity contribution in [3.63, 3.8) is 0 Å². The molecule has 2 atom stereocenters. The van der Waals surface area contributed by atoms with Gasteiger partial charge in [0.15, 0.2) is 0 Å². The summed E-state index contributed by atoms with van der Waals surface area (Å²) in [6.45, 7) is 2.79. The molecule has 104 valence electrons. The van der Waals surface area contributed by atoms with Gasteiger partial charge in [0.25, 0.3) is 0 Å². The molecule has 0 saturated heterocycles. The average Bonchev–Trinajstić information content (AvgIpc) is 2.65.